The number of rotatable bonds is 2. The zero-order valence-electron chi connectivity index (χ0n) is 5.89. The van der Waals surface area contributed by atoms with Crippen molar-refractivity contribution < 1.29 is 22.9 Å². The molecule has 2 N–H and O–H groups in total. The van der Waals surface area contributed by atoms with Crippen LogP contribution in [-0.2, 0) is 10.1 Å². The van der Waals surface area contributed by atoms with Gasteiger partial charge in [-0.15, -0.1) is 11.3 Å². The maximum atomic E-state index is 10.7. The molecule has 0 saturated carbocycles. The molecule has 72 valence electrons. The third-order valence-corrected chi connectivity index (χ3v) is 3.73. The zero-order chi connectivity index (χ0) is 10.2. The Balaban J connectivity index is 3.51. The fourth-order valence-electron chi connectivity index (χ4n) is 0.714. The number of carbonyl (C=O) groups is 1. The van der Waals surface area contributed by atoms with E-state index in [9.17, 15) is 13.2 Å². The summed E-state index contributed by atoms with van der Waals surface area (Å²) < 4.78 is 29.9. The summed E-state index contributed by atoms with van der Waals surface area (Å²) in [5, 5.41) is 9.36. The van der Waals surface area contributed by atoms with E-state index in [0.717, 1.165) is 5.38 Å². The SMILES string of the molecule is O=C(O)c1scc(Cl)c1S(=O)(=O)O. The van der Waals surface area contributed by atoms with Crippen LogP contribution in [0.3, 0.4) is 0 Å². The average molecular weight is 243 g/mol. The summed E-state index contributed by atoms with van der Waals surface area (Å²) in [7, 11) is -4.57. The molecule has 0 radical (unpaired) electrons. The number of aromatic carboxylic acids is 1. The van der Waals surface area contributed by atoms with Crippen molar-refractivity contribution in [3.05, 3.63) is 15.3 Å². The fourth-order valence-corrected chi connectivity index (χ4v) is 3.11. The van der Waals surface area contributed by atoms with Crippen molar-refractivity contribution in [3.8, 4) is 0 Å². The van der Waals surface area contributed by atoms with Crippen molar-refractivity contribution in [2.45, 2.75) is 4.90 Å². The largest absolute Gasteiger partial charge is 0.477 e. The highest BCUT2D eigenvalue weighted by molar-refractivity contribution is 7.86. The molecular weight excluding hydrogens is 240 g/mol. The second kappa shape index (κ2) is 3.26. The quantitative estimate of drug-likeness (QED) is 0.764. The molecule has 0 atom stereocenters. The van der Waals surface area contributed by atoms with Gasteiger partial charge < -0.3 is 5.11 Å². The molecule has 0 amide bonds. The van der Waals surface area contributed by atoms with Crippen molar-refractivity contribution in [3.63, 3.8) is 0 Å². The van der Waals surface area contributed by atoms with Gasteiger partial charge in [-0.05, 0) is 0 Å². The zero-order valence-corrected chi connectivity index (χ0v) is 8.28. The van der Waals surface area contributed by atoms with Gasteiger partial charge in [0.1, 0.15) is 9.77 Å². The van der Waals surface area contributed by atoms with Crippen LogP contribution in [0.1, 0.15) is 9.67 Å². The lowest BCUT2D eigenvalue weighted by molar-refractivity contribution is 0.0698. The Morgan fingerprint density at radius 3 is 2.38 bits per heavy atom. The van der Waals surface area contributed by atoms with E-state index in [4.69, 9.17) is 21.3 Å². The minimum absolute atomic E-state index is 0.287. The molecule has 0 fully saturated rings. The first kappa shape index (κ1) is 10.5. The molecule has 1 rings (SSSR count). The van der Waals surface area contributed by atoms with Crippen LogP contribution in [0.15, 0.2) is 10.3 Å². The fraction of sp³-hybridized carbons (Fsp3) is 0. The minimum atomic E-state index is -4.57. The van der Waals surface area contributed by atoms with Gasteiger partial charge >= 0.3 is 5.97 Å². The standard InChI is InChI=1S/C5H3ClO5S2/c6-2-1-12-3(5(7)8)4(2)13(9,10)11/h1H,(H,7,8)(H,9,10,11). The molecule has 0 aliphatic heterocycles. The molecule has 5 nitrogen and oxygen atoms in total. The molecule has 1 heterocycles. The predicted molar refractivity (Wildman–Crippen MR) is 46.1 cm³/mol. The number of thiophene rings is 1. The van der Waals surface area contributed by atoms with Crippen LogP contribution >= 0.6 is 22.9 Å². The minimum Gasteiger partial charge on any atom is -0.477 e. The highest BCUT2D eigenvalue weighted by atomic mass is 35.5. The highest BCUT2D eigenvalue weighted by Gasteiger charge is 2.25. The molecule has 0 bridgehead atoms. The molecule has 1 aromatic rings. The van der Waals surface area contributed by atoms with Gasteiger partial charge in [0.05, 0.1) is 5.02 Å². The molecule has 0 saturated heterocycles. The van der Waals surface area contributed by atoms with Crippen LogP contribution in [0.25, 0.3) is 0 Å². The van der Waals surface area contributed by atoms with Crippen LogP contribution in [0.4, 0.5) is 0 Å². The maximum Gasteiger partial charge on any atom is 0.347 e. The van der Waals surface area contributed by atoms with Gasteiger partial charge in [-0.2, -0.15) is 8.42 Å². The molecular formula is C5H3ClO5S2. The topological polar surface area (TPSA) is 91.7 Å². The third kappa shape index (κ3) is 1.99. The summed E-state index contributed by atoms with van der Waals surface area (Å²) in [5.41, 5.74) is 0. The predicted octanol–water partition coefficient (Wildman–Crippen LogP) is 1.35. The number of carboxylic acids is 1. The van der Waals surface area contributed by atoms with E-state index in [2.05, 4.69) is 0 Å². The second-order valence-corrected chi connectivity index (χ2v) is 4.67. The molecule has 0 spiro atoms. The number of carboxylic acid groups (broad SMARTS) is 1. The van der Waals surface area contributed by atoms with Gasteiger partial charge in [0.25, 0.3) is 10.1 Å². The molecule has 8 heteroatoms. The molecule has 0 aliphatic carbocycles. The lowest BCUT2D eigenvalue weighted by atomic mass is 10.5. The van der Waals surface area contributed by atoms with Crippen molar-refractivity contribution in [1.29, 1.82) is 0 Å². The van der Waals surface area contributed by atoms with Crippen LogP contribution in [0, 0.1) is 0 Å². The summed E-state index contributed by atoms with van der Waals surface area (Å²) >= 11 is 6.02. The van der Waals surface area contributed by atoms with Crippen molar-refractivity contribution >= 4 is 39.0 Å². The average Bonchev–Trinajstić information content (AvgIpc) is 2.28. The van der Waals surface area contributed by atoms with E-state index >= 15 is 0 Å². The van der Waals surface area contributed by atoms with Gasteiger partial charge in [-0.25, -0.2) is 4.79 Å². The van der Waals surface area contributed by atoms with Crippen LogP contribution in [0.2, 0.25) is 5.02 Å². The second-order valence-electron chi connectivity index (χ2n) is 2.02. The normalized spacial score (nSPS) is 11.5. The Labute approximate surface area is 82.3 Å². The van der Waals surface area contributed by atoms with Crippen LogP contribution < -0.4 is 0 Å². The third-order valence-electron chi connectivity index (χ3n) is 1.16. The van der Waals surface area contributed by atoms with E-state index in [1.165, 1.54) is 0 Å². The number of hydrogen-bond donors (Lipinski definition) is 2. The molecule has 0 aliphatic rings. The summed E-state index contributed by atoms with van der Waals surface area (Å²) in [6.45, 7) is 0. The molecule has 0 unspecified atom stereocenters. The Morgan fingerprint density at radius 2 is 2.08 bits per heavy atom. The molecule has 13 heavy (non-hydrogen) atoms. The Hall–Kier alpha value is -0.630. The monoisotopic (exact) mass is 242 g/mol. The van der Waals surface area contributed by atoms with Gasteiger partial charge in [-0.1, -0.05) is 11.6 Å². The van der Waals surface area contributed by atoms with E-state index in [0.29, 0.717) is 11.3 Å². The number of halogens is 1. The van der Waals surface area contributed by atoms with Crippen LogP contribution in [-0.4, -0.2) is 24.0 Å². The van der Waals surface area contributed by atoms with E-state index < -0.39 is 25.9 Å². The van der Waals surface area contributed by atoms with E-state index in [-0.39, 0.29) is 5.02 Å². The Bertz CT molecular complexity index is 445. The lowest BCUT2D eigenvalue weighted by Crippen LogP contribution is -2.04. The van der Waals surface area contributed by atoms with Gasteiger partial charge in [0.2, 0.25) is 0 Å². The first-order valence-corrected chi connectivity index (χ1v) is 5.51. The maximum absolute atomic E-state index is 10.7. The van der Waals surface area contributed by atoms with Crippen LogP contribution in [0.5, 0.6) is 0 Å². The van der Waals surface area contributed by atoms with Gasteiger partial charge in [-0.3, -0.25) is 4.55 Å². The summed E-state index contributed by atoms with van der Waals surface area (Å²) in [6, 6.07) is 0. The summed E-state index contributed by atoms with van der Waals surface area (Å²) in [6.07, 6.45) is 0. The summed E-state index contributed by atoms with van der Waals surface area (Å²) in [4.78, 5) is 9.22. The Morgan fingerprint density at radius 1 is 1.54 bits per heavy atom. The highest BCUT2D eigenvalue weighted by Crippen LogP contribution is 2.30. The van der Waals surface area contributed by atoms with E-state index in [1.807, 2.05) is 0 Å². The number of hydrogen-bond acceptors (Lipinski definition) is 4. The van der Waals surface area contributed by atoms with Gasteiger partial charge in [0, 0.05) is 5.38 Å². The molecule has 0 aromatic carbocycles. The van der Waals surface area contributed by atoms with E-state index in [1.54, 1.807) is 0 Å². The lowest BCUT2D eigenvalue weighted by Gasteiger charge is -1.95. The first-order valence-electron chi connectivity index (χ1n) is 2.82. The molecule has 1 aromatic heterocycles. The van der Waals surface area contributed by atoms with Crippen molar-refractivity contribution in [1.82, 2.24) is 0 Å². The smallest absolute Gasteiger partial charge is 0.347 e. The summed E-state index contributed by atoms with van der Waals surface area (Å²) in [5.74, 6) is -1.44. The van der Waals surface area contributed by atoms with Gasteiger partial charge in [0.15, 0.2) is 0 Å². The first-order chi connectivity index (χ1) is 5.84. The van der Waals surface area contributed by atoms with Crippen molar-refractivity contribution in [2.24, 2.45) is 0 Å². The van der Waals surface area contributed by atoms with Crippen molar-refractivity contribution in [2.75, 3.05) is 0 Å². The Kier molecular flexibility index (Phi) is 2.62.